The van der Waals surface area contributed by atoms with Gasteiger partial charge >= 0.3 is 0 Å². The minimum atomic E-state index is -0.0710. The van der Waals surface area contributed by atoms with Crippen LogP contribution >= 0.6 is 23.1 Å². The van der Waals surface area contributed by atoms with E-state index in [1.807, 2.05) is 47.8 Å². The molecule has 10 heteroatoms. The molecule has 0 bridgehead atoms. The second kappa shape index (κ2) is 8.93. The number of pyridine rings is 1. The van der Waals surface area contributed by atoms with Crippen LogP contribution in [0.4, 0.5) is 0 Å². The molecule has 0 N–H and O–H groups in total. The van der Waals surface area contributed by atoms with E-state index in [-0.39, 0.29) is 5.56 Å². The van der Waals surface area contributed by atoms with Crippen molar-refractivity contribution in [3.05, 3.63) is 82.0 Å². The summed E-state index contributed by atoms with van der Waals surface area (Å²) in [5.41, 5.74) is 2.39. The molecular weight excluding hydrogens is 446 g/mol. The van der Waals surface area contributed by atoms with Gasteiger partial charge in [0.1, 0.15) is 10.4 Å². The molecule has 0 saturated heterocycles. The molecular formula is C22H17N5O3S2. The quantitative estimate of drug-likeness (QED) is 0.261. The van der Waals surface area contributed by atoms with E-state index < -0.39 is 0 Å². The Labute approximate surface area is 190 Å². The minimum Gasteiger partial charge on any atom is -0.497 e. The number of ether oxygens (including phenoxy) is 1. The van der Waals surface area contributed by atoms with Crippen molar-refractivity contribution in [3.8, 4) is 17.1 Å². The van der Waals surface area contributed by atoms with Crippen molar-refractivity contribution in [2.24, 2.45) is 0 Å². The van der Waals surface area contributed by atoms with Crippen LogP contribution in [-0.2, 0) is 12.3 Å². The minimum absolute atomic E-state index is 0.0710. The van der Waals surface area contributed by atoms with Crippen LogP contribution in [0.5, 0.6) is 5.75 Å². The molecule has 0 unspecified atom stereocenters. The number of benzene rings is 1. The number of nitrogens with zero attached hydrogens (tertiary/aromatic N) is 5. The maximum atomic E-state index is 13.2. The Morgan fingerprint density at radius 3 is 2.88 bits per heavy atom. The largest absolute Gasteiger partial charge is 0.497 e. The molecule has 0 saturated carbocycles. The molecule has 0 spiro atoms. The van der Waals surface area contributed by atoms with Gasteiger partial charge in [-0.05, 0) is 41.3 Å². The van der Waals surface area contributed by atoms with Crippen LogP contribution in [0.1, 0.15) is 11.5 Å². The van der Waals surface area contributed by atoms with E-state index in [4.69, 9.17) is 14.2 Å². The maximum absolute atomic E-state index is 13.2. The highest BCUT2D eigenvalue weighted by Gasteiger charge is 2.16. The molecule has 0 aliphatic heterocycles. The maximum Gasteiger partial charge on any atom is 0.272 e. The van der Waals surface area contributed by atoms with Gasteiger partial charge in [0.25, 0.3) is 5.56 Å². The lowest BCUT2D eigenvalue weighted by Crippen LogP contribution is -2.23. The number of rotatable bonds is 7. The topological polar surface area (TPSA) is 95.9 Å². The first kappa shape index (κ1) is 20.4. The number of aromatic nitrogens is 5. The van der Waals surface area contributed by atoms with Crippen LogP contribution in [0, 0.1) is 0 Å². The monoisotopic (exact) mass is 463 g/mol. The van der Waals surface area contributed by atoms with Gasteiger partial charge < -0.3 is 9.26 Å². The van der Waals surface area contributed by atoms with Gasteiger partial charge in [-0.2, -0.15) is 4.98 Å². The van der Waals surface area contributed by atoms with E-state index in [1.54, 1.807) is 24.1 Å². The summed E-state index contributed by atoms with van der Waals surface area (Å²) < 4.78 is 13.0. The van der Waals surface area contributed by atoms with E-state index in [0.717, 1.165) is 16.9 Å². The lowest BCUT2D eigenvalue weighted by molar-refractivity contribution is 0.391. The fraction of sp³-hybridized carbons (Fsp3) is 0.136. The summed E-state index contributed by atoms with van der Waals surface area (Å²) in [5.74, 6) is 2.08. The highest BCUT2D eigenvalue weighted by atomic mass is 32.2. The molecule has 0 amide bonds. The average molecular weight is 464 g/mol. The zero-order valence-electron chi connectivity index (χ0n) is 17.0. The normalized spacial score (nSPS) is 11.2. The van der Waals surface area contributed by atoms with Crippen LogP contribution in [0.2, 0.25) is 0 Å². The first-order valence-corrected chi connectivity index (χ1v) is 11.5. The molecule has 1 aromatic carbocycles. The van der Waals surface area contributed by atoms with Crippen molar-refractivity contribution in [3.63, 3.8) is 0 Å². The number of fused-ring (bicyclic) bond motifs is 1. The van der Waals surface area contributed by atoms with Crippen molar-refractivity contribution in [1.82, 2.24) is 24.7 Å². The second-order valence-electron chi connectivity index (χ2n) is 6.81. The zero-order valence-corrected chi connectivity index (χ0v) is 18.6. The van der Waals surface area contributed by atoms with Gasteiger partial charge in [-0.1, -0.05) is 29.1 Å². The lowest BCUT2D eigenvalue weighted by atomic mass is 10.2. The third kappa shape index (κ3) is 4.14. The molecule has 5 aromatic rings. The SMILES string of the molecule is COc1cccc(Cn2c(SCc3nc(-c4ccncc4)no3)nc3ccsc3c2=O)c1. The summed E-state index contributed by atoms with van der Waals surface area (Å²) in [6.07, 6.45) is 3.36. The molecule has 0 radical (unpaired) electrons. The molecule has 4 aromatic heterocycles. The fourth-order valence-electron chi connectivity index (χ4n) is 3.18. The van der Waals surface area contributed by atoms with Crippen molar-refractivity contribution < 1.29 is 9.26 Å². The predicted molar refractivity (Wildman–Crippen MR) is 123 cm³/mol. The summed E-state index contributed by atoms with van der Waals surface area (Å²) in [4.78, 5) is 26.4. The summed E-state index contributed by atoms with van der Waals surface area (Å²) in [6.45, 7) is 0.380. The molecule has 4 heterocycles. The Bertz CT molecular complexity index is 1430. The van der Waals surface area contributed by atoms with E-state index in [1.165, 1.54) is 23.1 Å². The molecule has 8 nitrogen and oxygen atoms in total. The smallest absolute Gasteiger partial charge is 0.272 e. The lowest BCUT2D eigenvalue weighted by Gasteiger charge is -2.12. The van der Waals surface area contributed by atoms with Gasteiger partial charge in [-0.3, -0.25) is 14.3 Å². The third-order valence-electron chi connectivity index (χ3n) is 4.74. The van der Waals surface area contributed by atoms with Gasteiger partial charge in [0.05, 0.1) is 24.9 Å². The van der Waals surface area contributed by atoms with E-state index in [9.17, 15) is 4.79 Å². The van der Waals surface area contributed by atoms with E-state index in [0.29, 0.717) is 39.4 Å². The van der Waals surface area contributed by atoms with Crippen LogP contribution in [0.15, 0.2) is 74.7 Å². The zero-order chi connectivity index (χ0) is 21.9. The van der Waals surface area contributed by atoms with E-state index in [2.05, 4.69) is 15.1 Å². The number of thiophene rings is 1. The fourth-order valence-corrected chi connectivity index (χ4v) is 4.80. The van der Waals surface area contributed by atoms with Gasteiger partial charge in [-0.15, -0.1) is 11.3 Å². The number of hydrogen-bond donors (Lipinski definition) is 0. The van der Waals surface area contributed by atoms with Crippen LogP contribution in [0.25, 0.3) is 21.6 Å². The molecule has 0 aliphatic rings. The molecule has 32 heavy (non-hydrogen) atoms. The first-order valence-electron chi connectivity index (χ1n) is 9.68. The van der Waals surface area contributed by atoms with Crippen LogP contribution in [0.3, 0.4) is 0 Å². The molecule has 160 valence electrons. The van der Waals surface area contributed by atoms with Crippen LogP contribution < -0.4 is 10.3 Å². The number of thioether (sulfide) groups is 1. The number of hydrogen-bond acceptors (Lipinski definition) is 9. The molecule has 0 fully saturated rings. The Morgan fingerprint density at radius 2 is 2.03 bits per heavy atom. The van der Waals surface area contributed by atoms with Crippen molar-refractivity contribution in [1.29, 1.82) is 0 Å². The van der Waals surface area contributed by atoms with Gasteiger partial charge in [0.2, 0.25) is 11.7 Å². The van der Waals surface area contributed by atoms with Crippen molar-refractivity contribution >= 4 is 33.3 Å². The third-order valence-corrected chi connectivity index (χ3v) is 6.59. The molecule has 5 rings (SSSR count). The highest BCUT2D eigenvalue weighted by molar-refractivity contribution is 7.98. The van der Waals surface area contributed by atoms with Crippen molar-refractivity contribution in [2.75, 3.05) is 7.11 Å². The number of methoxy groups -OCH3 is 1. The Kier molecular flexibility index (Phi) is 5.70. The Balaban J connectivity index is 1.44. The average Bonchev–Trinajstić information content (AvgIpc) is 3.50. The standard InChI is InChI=1S/C22H17N5O3S2/c1-29-16-4-2-3-14(11-16)12-27-21(28)19-17(7-10-31-19)24-22(27)32-13-18-25-20(26-30-18)15-5-8-23-9-6-15/h2-11H,12-13H2,1H3. The summed E-state index contributed by atoms with van der Waals surface area (Å²) >= 11 is 2.78. The summed E-state index contributed by atoms with van der Waals surface area (Å²) in [5, 5.41) is 6.51. The predicted octanol–water partition coefficient (Wildman–Crippen LogP) is 4.25. The highest BCUT2D eigenvalue weighted by Crippen LogP contribution is 2.25. The van der Waals surface area contributed by atoms with Gasteiger partial charge in [-0.25, -0.2) is 4.98 Å². The second-order valence-corrected chi connectivity index (χ2v) is 8.67. The van der Waals surface area contributed by atoms with Gasteiger partial charge in [0.15, 0.2) is 5.16 Å². The summed E-state index contributed by atoms with van der Waals surface area (Å²) in [6, 6.07) is 13.1. The van der Waals surface area contributed by atoms with E-state index >= 15 is 0 Å². The Hall–Kier alpha value is -3.50. The first-order chi connectivity index (χ1) is 15.7. The Morgan fingerprint density at radius 1 is 1.16 bits per heavy atom. The van der Waals surface area contributed by atoms with Crippen molar-refractivity contribution in [2.45, 2.75) is 17.5 Å². The molecule has 0 atom stereocenters. The van der Waals surface area contributed by atoms with Crippen LogP contribution in [-0.4, -0.2) is 31.8 Å². The molecule has 0 aliphatic carbocycles. The summed E-state index contributed by atoms with van der Waals surface area (Å²) in [7, 11) is 1.62. The van der Waals surface area contributed by atoms with Gasteiger partial charge in [0, 0.05) is 18.0 Å².